The Morgan fingerprint density at radius 2 is 2.10 bits per heavy atom. The van der Waals surface area contributed by atoms with Gasteiger partial charge in [-0.2, -0.15) is 0 Å². The summed E-state index contributed by atoms with van der Waals surface area (Å²) in [4.78, 5) is 23.7. The molecule has 1 fully saturated rings. The van der Waals surface area contributed by atoms with Crippen LogP contribution >= 0.6 is 12.4 Å². The van der Waals surface area contributed by atoms with Crippen molar-refractivity contribution in [2.24, 2.45) is 0 Å². The summed E-state index contributed by atoms with van der Waals surface area (Å²) in [6.07, 6.45) is -0.522. The van der Waals surface area contributed by atoms with E-state index in [1.54, 1.807) is 31.3 Å². The van der Waals surface area contributed by atoms with Gasteiger partial charge in [0.05, 0.1) is 17.9 Å². The molecule has 7 heteroatoms. The molecule has 3 N–H and O–H groups in total. The van der Waals surface area contributed by atoms with Crippen LogP contribution < -0.4 is 16.0 Å². The number of benzene rings is 1. The van der Waals surface area contributed by atoms with Crippen molar-refractivity contribution in [3.8, 4) is 0 Å². The van der Waals surface area contributed by atoms with E-state index >= 15 is 0 Å². The molecule has 1 aliphatic heterocycles. The van der Waals surface area contributed by atoms with Gasteiger partial charge in [0.1, 0.15) is 6.10 Å². The fourth-order valence-corrected chi connectivity index (χ4v) is 1.87. The van der Waals surface area contributed by atoms with Gasteiger partial charge in [0, 0.05) is 20.1 Å². The highest BCUT2D eigenvalue weighted by Gasteiger charge is 2.23. The Hall–Kier alpha value is -1.63. The number of morpholine rings is 1. The van der Waals surface area contributed by atoms with Gasteiger partial charge in [-0.05, 0) is 12.1 Å². The Morgan fingerprint density at radius 1 is 1.35 bits per heavy atom. The molecule has 1 heterocycles. The van der Waals surface area contributed by atoms with E-state index in [-0.39, 0.29) is 24.2 Å². The quantitative estimate of drug-likeness (QED) is 0.754. The van der Waals surface area contributed by atoms with Crippen molar-refractivity contribution >= 4 is 29.9 Å². The summed E-state index contributed by atoms with van der Waals surface area (Å²) in [5.74, 6) is -0.484. The Labute approximate surface area is 123 Å². The number of amides is 2. The number of para-hydroxylation sites is 1. The standard InChI is InChI=1S/C13H17N3O3.ClH/c1-14-12(17)9-4-2-3-5-10(9)16-13(18)11-8-15-6-7-19-11;/h2-5,11,15H,6-8H2,1H3,(H,14,17)(H,16,18);1H. The molecular formula is C13H18ClN3O3. The van der Waals surface area contributed by atoms with Gasteiger partial charge in [0.2, 0.25) is 0 Å². The normalized spacial score (nSPS) is 17.8. The summed E-state index contributed by atoms with van der Waals surface area (Å²) >= 11 is 0. The molecule has 0 spiro atoms. The number of carbonyl (C=O) groups is 2. The van der Waals surface area contributed by atoms with E-state index in [1.165, 1.54) is 0 Å². The third-order valence-corrected chi connectivity index (χ3v) is 2.88. The average molecular weight is 300 g/mol. The number of hydrogen-bond acceptors (Lipinski definition) is 4. The summed E-state index contributed by atoms with van der Waals surface area (Å²) in [5.41, 5.74) is 0.920. The molecule has 0 radical (unpaired) electrons. The number of rotatable bonds is 3. The monoisotopic (exact) mass is 299 g/mol. The summed E-state index contributed by atoms with van der Waals surface area (Å²) in [6.45, 7) is 1.74. The second-order valence-electron chi connectivity index (χ2n) is 4.18. The highest BCUT2D eigenvalue weighted by molar-refractivity contribution is 6.04. The summed E-state index contributed by atoms with van der Waals surface area (Å²) in [5, 5.41) is 8.36. The molecule has 1 aliphatic rings. The van der Waals surface area contributed by atoms with Crippen LogP contribution in [0.4, 0.5) is 5.69 Å². The van der Waals surface area contributed by atoms with Crippen LogP contribution in [0.1, 0.15) is 10.4 Å². The van der Waals surface area contributed by atoms with Crippen molar-refractivity contribution in [2.75, 3.05) is 32.1 Å². The minimum Gasteiger partial charge on any atom is -0.366 e. The third-order valence-electron chi connectivity index (χ3n) is 2.88. The van der Waals surface area contributed by atoms with E-state index in [9.17, 15) is 9.59 Å². The van der Waals surface area contributed by atoms with Crippen molar-refractivity contribution in [2.45, 2.75) is 6.10 Å². The van der Waals surface area contributed by atoms with E-state index in [0.29, 0.717) is 24.4 Å². The smallest absolute Gasteiger partial charge is 0.254 e. The molecule has 110 valence electrons. The van der Waals surface area contributed by atoms with Gasteiger partial charge in [0.15, 0.2) is 0 Å². The summed E-state index contributed by atoms with van der Waals surface area (Å²) in [6, 6.07) is 6.87. The number of hydrogen-bond donors (Lipinski definition) is 3. The first-order valence-corrected chi connectivity index (χ1v) is 6.16. The number of halogens is 1. The van der Waals surface area contributed by atoms with E-state index in [4.69, 9.17) is 4.74 Å². The Bertz CT molecular complexity index is 476. The zero-order chi connectivity index (χ0) is 13.7. The van der Waals surface area contributed by atoms with Crippen LogP contribution in [-0.4, -0.2) is 44.7 Å². The first-order valence-electron chi connectivity index (χ1n) is 6.16. The predicted octanol–water partition coefficient (Wildman–Crippen LogP) is 0.395. The van der Waals surface area contributed by atoms with E-state index in [0.717, 1.165) is 6.54 Å². The predicted molar refractivity (Wildman–Crippen MR) is 78.3 cm³/mol. The van der Waals surface area contributed by atoms with Gasteiger partial charge in [-0.25, -0.2) is 0 Å². The van der Waals surface area contributed by atoms with Crippen molar-refractivity contribution in [3.05, 3.63) is 29.8 Å². The second-order valence-corrected chi connectivity index (χ2v) is 4.18. The van der Waals surface area contributed by atoms with Crippen LogP contribution in [-0.2, 0) is 9.53 Å². The fourth-order valence-electron chi connectivity index (χ4n) is 1.87. The maximum atomic E-state index is 12.0. The van der Waals surface area contributed by atoms with Crippen molar-refractivity contribution in [1.29, 1.82) is 0 Å². The molecule has 1 unspecified atom stereocenters. The van der Waals surface area contributed by atoms with Gasteiger partial charge < -0.3 is 20.7 Å². The molecule has 0 saturated carbocycles. The minimum absolute atomic E-state index is 0. The first kappa shape index (κ1) is 16.4. The van der Waals surface area contributed by atoms with Gasteiger partial charge in [0.25, 0.3) is 11.8 Å². The van der Waals surface area contributed by atoms with Gasteiger partial charge in [-0.15, -0.1) is 12.4 Å². The van der Waals surface area contributed by atoms with Crippen LogP contribution in [0.2, 0.25) is 0 Å². The fraction of sp³-hybridized carbons (Fsp3) is 0.385. The molecule has 1 saturated heterocycles. The summed E-state index contributed by atoms with van der Waals surface area (Å²) < 4.78 is 5.36. The number of anilines is 1. The zero-order valence-corrected chi connectivity index (χ0v) is 12.0. The lowest BCUT2D eigenvalue weighted by molar-refractivity contribution is -0.128. The van der Waals surface area contributed by atoms with Crippen LogP contribution in [0.25, 0.3) is 0 Å². The lowest BCUT2D eigenvalue weighted by Crippen LogP contribution is -2.45. The van der Waals surface area contributed by atoms with Gasteiger partial charge in [-0.1, -0.05) is 12.1 Å². The molecule has 2 amide bonds. The highest BCUT2D eigenvalue weighted by atomic mass is 35.5. The number of carbonyl (C=O) groups excluding carboxylic acids is 2. The van der Waals surface area contributed by atoms with E-state index in [2.05, 4.69) is 16.0 Å². The summed E-state index contributed by atoms with van der Waals surface area (Å²) in [7, 11) is 1.55. The SMILES string of the molecule is CNC(=O)c1ccccc1NC(=O)C1CNCCO1.Cl. The average Bonchev–Trinajstić information content (AvgIpc) is 2.48. The van der Waals surface area contributed by atoms with Crippen molar-refractivity contribution in [1.82, 2.24) is 10.6 Å². The highest BCUT2D eigenvalue weighted by Crippen LogP contribution is 2.15. The van der Waals surface area contributed by atoms with Crippen LogP contribution in [0.15, 0.2) is 24.3 Å². The van der Waals surface area contributed by atoms with Crippen LogP contribution in [0, 0.1) is 0 Å². The molecule has 0 bridgehead atoms. The molecule has 20 heavy (non-hydrogen) atoms. The zero-order valence-electron chi connectivity index (χ0n) is 11.1. The van der Waals surface area contributed by atoms with Crippen molar-refractivity contribution in [3.63, 3.8) is 0 Å². The van der Waals surface area contributed by atoms with Gasteiger partial charge >= 0.3 is 0 Å². The lowest BCUT2D eigenvalue weighted by Gasteiger charge is -2.23. The molecule has 0 aromatic heterocycles. The molecule has 1 atom stereocenters. The van der Waals surface area contributed by atoms with Crippen molar-refractivity contribution < 1.29 is 14.3 Å². The Kier molecular flexibility index (Phi) is 6.44. The second kappa shape index (κ2) is 7.84. The van der Waals surface area contributed by atoms with Crippen LogP contribution in [0.3, 0.4) is 0 Å². The molecular weight excluding hydrogens is 282 g/mol. The Balaban J connectivity index is 0.00000200. The molecule has 1 aromatic carbocycles. The molecule has 2 rings (SSSR count). The topological polar surface area (TPSA) is 79.5 Å². The largest absolute Gasteiger partial charge is 0.366 e. The number of nitrogens with one attached hydrogen (secondary N) is 3. The van der Waals surface area contributed by atoms with E-state index in [1.807, 2.05) is 0 Å². The molecule has 6 nitrogen and oxygen atoms in total. The van der Waals surface area contributed by atoms with E-state index < -0.39 is 6.10 Å². The molecule has 1 aromatic rings. The van der Waals surface area contributed by atoms with Gasteiger partial charge in [-0.3, -0.25) is 9.59 Å². The molecule has 0 aliphatic carbocycles. The maximum absolute atomic E-state index is 12.0. The lowest BCUT2D eigenvalue weighted by atomic mass is 10.1. The third kappa shape index (κ3) is 3.93. The Morgan fingerprint density at radius 3 is 2.75 bits per heavy atom. The maximum Gasteiger partial charge on any atom is 0.254 e. The minimum atomic E-state index is -0.522. The first-order chi connectivity index (χ1) is 9.22. The van der Waals surface area contributed by atoms with Crippen LogP contribution in [0.5, 0.6) is 0 Å². The number of ether oxygens (including phenoxy) is 1.